The molecule has 0 aromatic heterocycles. The molecule has 1 aliphatic carbocycles. The highest BCUT2D eigenvalue weighted by atomic mass is 19.3. The van der Waals surface area contributed by atoms with Crippen LogP contribution in [-0.2, 0) is 10.2 Å². The van der Waals surface area contributed by atoms with E-state index in [0.29, 0.717) is 12.2 Å². The van der Waals surface area contributed by atoms with Gasteiger partial charge in [-0.15, -0.1) is 0 Å². The molecule has 1 aromatic rings. The lowest BCUT2D eigenvalue weighted by atomic mass is 9.87. The molecule has 0 bridgehead atoms. The SMILES string of the molecule is C=C/C(=C\C(F)=C/C)C(C(=O)NC1CCC(F)(F)CC1)N(C(=O)N1CCCC1C=C(C)CC)c1ccc(C(C)(C)C)cc1.CC. The number of hydrogen-bond donors (Lipinski definition) is 1. The van der Waals surface area contributed by atoms with Gasteiger partial charge in [0.05, 0.1) is 6.04 Å². The molecule has 2 unspecified atom stereocenters. The fraction of sp³-hybridized carbons (Fsp3) is 0.568. The minimum Gasteiger partial charge on any atom is -0.351 e. The van der Waals surface area contributed by atoms with Crippen molar-refractivity contribution in [2.45, 2.75) is 130 Å². The number of nitrogens with one attached hydrogen (secondary N) is 1. The topological polar surface area (TPSA) is 52.7 Å². The Morgan fingerprint density at radius 3 is 2.24 bits per heavy atom. The lowest BCUT2D eigenvalue weighted by Crippen LogP contribution is -2.57. The van der Waals surface area contributed by atoms with Crippen LogP contribution in [0, 0.1) is 0 Å². The van der Waals surface area contributed by atoms with E-state index in [1.54, 1.807) is 4.90 Å². The minimum absolute atomic E-state index is 0.116. The van der Waals surface area contributed by atoms with Gasteiger partial charge in [0, 0.05) is 31.1 Å². The van der Waals surface area contributed by atoms with Crippen molar-refractivity contribution in [1.82, 2.24) is 10.2 Å². The lowest BCUT2D eigenvalue weighted by molar-refractivity contribution is -0.123. The molecule has 0 radical (unpaired) electrons. The van der Waals surface area contributed by atoms with E-state index in [0.717, 1.165) is 30.4 Å². The third kappa shape index (κ3) is 10.4. The van der Waals surface area contributed by atoms with E-state index in [2.05, 4.69) is 45.7 Å². The number of nitrogens with zero attached hydrogens (tertiary/aromatic N) is 2. The quantitative estimate of drug-likeness (QED) is 0.218. The Kier molecular flexibility index (Phi) is 14.2. The van der Waals surface area contributed by atoms with Crippen LogP contribution < -0.4 is 10.2 Å². The van der Waals surface area contributed by atoms with Crippen molar-refractivity contribution in [2.75, 3.05) is 11.4 Å². The van der Waals surface area contributed by atoms with Crippen LogP contribution in [0.3, 0.4) is 0 Å². The number of carbonyl (C=O) groups excluding carboxylic acids is 2. The lowest BCUT2D eigenvalue weighted by Gasteiger charge is -2.38. The van der Waals surface area contributed by atoms with Crippen LogP contribution in [0.5, 0.6) is 0 Å². The second-order valence-corrected chi connectivity index (χ2v) is 12.8. The maximum absolute atomic E-state index is 14.7. The molecular formula is C37H54F3N3O2. The number of amides is 3. The normalized spacial score (nSPS) is 20.2. The standard InChI is InChI=1S/C35H48F3N3O2.C2H6/c1-8-24(4)22-30-12-11-21-40(30)33(43)41(29-15-13-26(14-16-29)34(5,6)7)31(25(9-2)23-27(36)10-3)32(42)39-28-17-19-35(37,38)20-18-28;1-2/h9-10,13-16,22-23,28,30-31H,2,8,11-12,17-21H2,1,3-7H3,(H,39,42);1-2H3/b24-22?,25-23+,27-10+;. The summed E-state index contributed by atoms with van der Waals surface area (Å²) in [5.74, 6) is -3.90. The van der Waals surface area contributed by atoms with Crippen LogP contribution in [0.25, 0.3) is 0 Å². The monoisotopic (exact) mass is 629 g/mol. The van der Waals surface area contributed by atoms with Crippen molar-refractivity contribution in [2.24, 2.45) is 0 Å². The molecule has 0 spiro atoms. The van der Waals surface area contributed by atoms with E-state index in [1.165, 1.54) is 30.1 Å². The maximum Gasteiger partial charge on any atom is 0.326 e. The van der Waals surface area contributed by atoms with Crippen LogP contribution in [0.1, 0.15) is 106 Å². The van der Waals surface area contributed by atoms with Crippen molar-refractivity contribution >= 4 is 17.6 Å². The molecule has 3 rings (SSSR count). The van der Waals surface area contributed by atoms with E-state index >= 15 is 0 Å². The zero-order valence-corrected chi connectivity index (χ0v) is 28.6. The van der Waals surface area contributed by atoms with Gasteiger partial charge in [-0.25, -0.2) is 18.0 Å². The predicted octanol–water partition coefficient (Wildman–Crippen LogP) is 9.81. The molecule has 250 valence electrons. The molecular weight excluding hydrogens is 575 g/mol. The summed E-state index contributed by atoms with van der Waals surface area (Å²) in [6.07, 6.45) is 8.01. The van der Waals surface area contributed by atoms with Gasteiger partial charge in [-0.2, -0.15) is 0 Å². The van der Waals surface area contributed by atoms with Gasteiger partial charge in [0.2, 0.25) is 11.8 Å². The van der Waals surface area contributed by atoms with Gasteiger partial charge >= 0.3 is 6.03 Å². The molecule has 1 saturated heterocycles. The Balaban J connectivity index is 0.00000345. The number of halogens is 3. The van der Waals surface area contributed by atoms with Crippen LogP contribution in [0.15, 0.2) is 72.1 Å². The third-order valence-corrected chi connectivity index (χ3v) is 8.50. The highest BCUT2D eigenvalue weighted by Gasteiger charge is 2.41. The maximum atomic E-state index is 14.7. The first kappa shape index (κ1) is 37.9. The molecule has 2 atom stereocenters. The number of benzene rings is 1. The molecule has 3 amide bonds. The Bertz CT molecular complexity index is 1230. The number of allylic oxidation sites excluding steroid dienone is 4. The van der Waals surface area contributed by atoms with Gasteiger partial charge in [0.25, 0.3) is 0 Å². The van der Waals surface area contributed by atoms with Gasteiger partial charge in [0.1, 0.15) is 11.9 Å². The first-order chi connectivity index (χ1) is 21.2. The highest BCUT2D eigenvalue weighted by Crippen LogP contribution is 2.34. The fourth-order valence-electron chi connectivity index (χ4n) is 5.65. The third-order valence-electron chi connectivity index (χ3n) is 8.50. The van der Waals surface area contributed by atoms with E-state index < -0.39 is 29.7 Å². The minimum atomic E-state index is -2.76. The summed E-state index contributed by atoms with van der Waals surface area (Å²) in [5.41, 5.74) is 2.74. The Morgan fingerprint density at radius 1 is 1.13 bits per heavy atom. The summed E-state index contributed by atoms with van der Waals surface area (Å²) in [6.45, 7) is 20.3. The van der Waals surface area contributed by atoms with Gasteiger partial charge < -0.3 is 10.2 Å². The van der Waals surface area contributed by atoms with E-state index in [4.69, 9.17) is 0 Å². The molecule has 1 saturated carbocycles. The Morgan fingerprint density at radius 2 is 1.73 bits per heavy atom. The zero-order valence-electron chi connectivity index (χ0n) is 28.6. The first-order valence-electron chi connectivity index (χ1n) is 16.4. The number of alkyl halides is 2. The van der Waals surface area contributed by atoms with E-state index in [1.807, 2.05) is 45.0 Å². The molecule has 1 aromatic carbocycles. The van der Waals surface area contributed by atoms with Crippen LogP contribution >= 0.6 is 0 Å². The summed E-state index contributed by atoms with van der Waals surface area (Å²) in [6, 6.07) is 5.20. The highest BCUT2D eigenvalue weighted by molar-refractivity contribution is 6.02. The second kappa shape index (κ2) is 16.9. The number of anilines is 1. The summed E-state index contributed by atoms with van der Waals surface area (Å²) < 4.78 is 42.5. The van der Waals surface area contributed by atoms with Crippen molar-refractivity contribution in [3.8, 4) is 0 Å². The second-order valence-electron chi connectivity index (χ2n) is 12.8. The first-order valence-corrected chi connectivity index (χ1v) is 16.4. The number of urea groups is 1. The molecule has 45 heavy (non-hydrogen) atoms. The molecule has 1 heterocycles. The summed E-state index contributed by atoms with van der Waals surface area (Å²) in [7, 11) is 0. The largest absolute Gasteiger partial charge is 0.351 e. The number of rotatable bonds is 9. The number of hydrogen-bond acceptors (Lipinski definition) is 2. The van der Waals surface area contributed by atoms with Gasteiger partial charge in [-0.3, -0.25) is 9.69 Å². The Hall–Kier alpha value is -3.29. The summed E-state index contributed by atoms with van der Waals surface area (Å²) in [5, 5.41) is 2.92. The molecule has 1 aliphatic heterocycles. The zero-order chi connectivity index (χ0) is 33.9. The smallest absolute Gasteiger partial charge is 0.326 e. The number of likely N-dealkylation sites (tertiary alicyclic amines) is 1. The summed E-state index contributed by atoms with van der Waals surface area (Å²) >= 11 is 0. The molecule has 1 N–H and O–H groups in total. The van der Waals surface area contributed by atoms with Crippen LogP contribution in [-0.4, -0.2) is 47.4 Å². The van der Waals surface area contributed by atoms with Crippen LogP contribution in [0.4, 0.5) is 23.7 Å². The average Bonchev–Trinajstić information content (AvgIpc) is 3.48. The number of carbonyl (C=O) groups is 2. The summed E-state index contributed by atoms with van der Waals surface area (Å²) in [4.78, 5) is 31.9. The molecule has 2 fully saturated rings. The van der Waals surface area contributed by atoms with Gasteiger partial charge in [-0.1, -0.05) is 84.1 Å². The van der Waals surface area contributed by atoms with Gasteiger partial charge in [-0.05, 0) is 80.7 Å². The molecule has 5 nitrogen and oxygen atoms in total. The van der Waals surface area contributed by atoms with Crippen molar-refractivity contribution in [3.05, 3.63) is 77.7 Å². The van der Waals surface area contributed by atoms with Crippen molar-refractivity contribution in [1.29, 1.82) is 0 Å². The Labute approximate surface area is 269 Å². The average molecular weight is 630 g/mol. The van der Waals surface area contributed by atoms with E-state index in [-0.39, 0.29) is 48.7 Å². The van der Waals surface area contributed by atoms with E-state index in [9.17, 15) is 22.8 Å². The van der Waals surface area contributed by atoms with Crippen molar-refractivity contribution < 1.29 is 22.8 Å². The fourth-order valence-corrected chi connectivity index (χ4v) is 5.65. The predicted molar refractivity (Wildman–Crippen MR) is 180 cm³/mol. The molecule has 2 aliphatic rings. The van der Waals surface area contributed by atoms with Crippen LogP contribution in [0.2, 0.25) is 0 Å². The van der Waals surface area contributed by atoms with Gasteiger partial charge in [0.15, 0.2) is 0 Å². The van der Waals surface area contributed by atoms with Crippen molar-refractivity contribution in [3.63, 3.8) is 0 Å². The molecule has 8 heteroatoms.